The topological polar surface area (TPSA) is 40.5 Å². The summed E-state index contributed by atoms with van der Waals surface area (Å²) in [6.07, 6.45) is 12.0. The Labute approximate surface area is 188 Å². The molecule has 4 aliphatic carbocycles. The van der Waals surface area contributed by atoms with Crippen LogP contribution in [0.5, 0.6) is 5.75 Å². The fraction of sp³-hybridized carbons (Fsp3) is 0.481. The fourth-order valence-corrected chi connectivity index (χ4v) is 7.38. The molecule has 2 nitrogen and oxygen atoms in total. The molecule has 0 spiro atoms. The van der Waals surface area contributed by atoms with Crippen LogP contribution in [0.15, 0.2) is 53.0 Å². The van der Waals surface area contributed by atoms with Gasteiger partial charge in [-0.3, -0.25) is 0 Å². The first-order valence-electron chi connectivity index (χ1n) is 11.4. The van der Waals surface area contributed by atoms with E-state index in [1.165, 1.54) is 49.7 Å². The van der Waals surface area contributed by atoms with E-state index < -0.39 is 0 Å². The van der Waals surface area contributed by atoms with Gasteiger partial charge in [0.05, 0.1) is 6.61 Å². The van der Waals surface area contributed by atoms with Gasteiger partial charge in [0.15, 0.2) is 0 Å². The molecule has 4 bridgehead atoms. The number of hydrogen-bond acceptors (Lipinski definition) is 2. The van der Waals surface area contributed by atoms with Gasteiger partial charge in [-0.1, -0.05) is 46.3 Å². The highest BCUT2D eigenvalue weighted by atomic mass is 79.9. The Balaban J connectivity index is 1.34. The molecule has 158 valence electrons. The Bertz CT molecular complexity index is 926. The minimum atomic E-state index is 0.0462. The molecule has 2 aromatic carbocycles. The molecule has 3 heteroatoms. The van der Waals surface area contributed by atoms with Crippen LogP contribution in [0.3, 0.4) is 0 Å². The summed E-state index contributed by atoms with van der Waals surface area (Å²) in [6, 6.07) is 14.4. The van der Waals surface area contributed by atoms with Gasteiger partial charge in [-0.05, 0) is 109 Å². The van der Waals surface area contributed by atoms with Crippen molar-refractivity contribution in [1.82, 2.24) is 0 Å². The summed E-state index contributed by atoms with van der Waals surface area (Å²) < 4.78 is 1.03. The van der Waals surface area contributed by atoms with Crippen molar-refractivity contribution in [2.45, 2.75) is 56.8 Å². The third kappa shape index (κ3) is 3.87. The number of aromatic hydroxyl groups is 1. The van der Waals surface area contributed by atoms with E-state index in [0.717, 1.165) is 46.2 Å². The summed E-state index contributed by atoms with van der Waals surface area (Å²) in [6.45, 7) is 0.0462. The number of allylic oxidation sites excluding steroid dienone is 1. The van der Waals surface area contributed by atoms with Crippen molar-refractivity contribution >= 4 is 21.5 Å². The minimum Gasteiger partial charge on any atom is -0.508 e. The monoisotopic (exact) mass is 466 g/mol. The molecule has 0 atom stereocenters. The summed E-state index contributed by atoms with van der Waals surface area (Å²) in [5.74, 6) is 3.13. The maximum Gasteiger partial charge on any atom is 0.119 e. The largest absolute Gasteiger partial charge is 0.508 e. The van der Waals surface area contributed by atoms with Gasteiger partial charge >= 0.3 is 0 Å². The Kier molecular flexibility index (Phi) is 5.53. The number of aliphatic hydroxyl groups excluding tert-OH is 1. The molecular formula is C27H31BrO2. The molecule has 0 aromatic heterocycles. The average Bonchev–Trinajstić information content (AvgIpc) is 2.71. The van der Waals surface area contributed by atoms with Crippen LogP contribution in [-0.2, 0) is 11.8 Å². The van der Waals surface area contributed by atoms with Gasteiger partial charge in [-0.25, -0.2) is 0 Å². The number of hydrogen-bond donors (Lipinski definition) is 2. The van der Waals surface area contributed by atoms with Gasteiger partial charge in [0, 0.05) is 10.0 Å². The molecule has 0 amide bonds. The lowest BCUT2D eigenvalue weighted by molar-refractivity contribution is -0.00616. The SMILES string of the molecule is OCC(=CCCc1ccc(O)c(C23CC4CC(CC(C4)C2)C3)c1)c1cccc(Br)c1. The smallest absolute Gasteiger partial charge is 0.119 e. The lowest BCUT2D eigenvalue weighted by atomic mass is 9.48. The first-order valence-corrected chi connectivity index (χ1v) is 12.2. The minimum absolute atomic E-state index is 0.0462. The number of phenolic OH excluding ortho intramolecular Hbond substituents is 1. The van der Waals surface area contributed by atoms with Crippen molar-refractivity contribution < 1.29 is 10.2 Å². The molecule has 0 unspecified atom stereocenters. The summed E-state index contributed by atoms with van der Waals surface area (Å²) in [5, 5.41) is 20.6. The van der Waals surface area contributed by atoms with Crippen LogP contribution in [0.4, 0.5) is 0 Å². The number of aliphatic hydroxyl groups is 1. The zero-order chi connectivity index (χ0) is 20.7. The molecule has 0 saturated heterocycles. The molecule has 2 aromatic rings. The van der Waals surface area contributed by atoms with E-state index in [9.17, 15) is 10.2 Å². The number of halogens is 1. The Morgan fingerprint density at radius 2 is 1.70 bits per heavy atom. The van der Waals surface area contributed by atoms with Crippen molar-refractivity contribution in [2.75, 3.05) is 6.61 Å². The van der Waals surface area contributed by atoms with Gasteiger partial charge in [-0.2, -0.15) is 0 Å². The molecule has 4 fully saturated rings. The molecule has 6 rings (SSSR count). The van der Waals surface area contributed by atoms with Crippen LogP contribution < -0.4 is 0 Å². The standard InChI is InChI=1S/C27H31BrO2/c28-24-6-2-4-22(13-24)23(17-29)5-1-3-18-7-8-26(30)25(12-18)27-14-19-9-20(15-27)11-21(10-19)16-27/h2,4-8,12-13,19-21,29-30H,1,3,9-11,14-17H2. The summed E-state index contributed by atoms with van der Waals surface area (Å²) in [4.78, 5) is 0. The van der Waals surface area contributed by atoms with E-state index in [1.807, 2.05) is 30.3 Å². The van der Waals surface area contributed by atoms with Crippen LogP contribution in [0, 0.1) is 17.8 Å². The Hall–Kier alpha value is -1.58. The maximum absolute atomic E-state index is 10.8. The number of aryl methyl sites for hydroxylation is 1. The molecule has 0 radical (unpaired) electrons. The Morgan fingerprint density at radius 3 is 2.33 bits per heavy atom. The molecule has 0 aliphatic heterocycles. The van der Waals surface area contributed by atoms with Crippen molar-refractivity contribution in [3.63, 3.8) is 0 Å². The van der Waals surface area contributed by atoms with Crippen LogP contribution in [0.25, 0.3) is 5.57 Å². The molecule has 2 N–H and O–H groups in total. The maximum atomic E-state index is 10.8. The molecule has 4 saturated carbocycles. The second kappa shape index (κ2) is 8.16. The summed E-state index contributed by atoms with van der Waals surface area (Å²) >= 11 is 3.51. The van der Waals surface area contributed by atoms with Gasteiger partial charge in [-0.15, -0.1) is 0 Å². The lowest BCUT2D eigenvalue weighted by Gasteiger charge is -2.57. The van der Waals surface area contributed by atoms with E-state index in [-0.39, 0.29) is 12.0 Å². The van der Waals surface area contributed by atoms with E-state index >= 15 is 0 Å². The van der Waals surface area contributed by atoms with Crippen LogP contribution >= 0.6 is 15.9 Å². The normalized spacial score (nSPS) is 30.1. The molecule has 0 heterocycles. The van der Waals surface area contributed by atoms with E-state index in [4.69, 9.17) is 0 Å². The summed E-state index contributed by atoms with van der Waals surface area (Å²) in [5.41, 5.74) is 4.76. The Morgan fingerprint density at radius 1 is 1.00 bits per heavy atom. The van der Waals surface area contributed by atoms with Crippen molar-refractivity contribution in [2.24, 2.45) is 17.8 Å². The first-order chi connectivity index (χ1) is 14.5. The number of rotatable bonds is 6. The van der Waals surface area contributed by atoms with Crippen molar-refractivity contribution in [3.05, 3.63) is 69.7 Å². The highest BCUT2D eigenvalue weighted by molar-refractivity contribution is 9.10. The molecular weight excluding hydrogens is 436 g/mol. The molecule has 4 aliphatic rings. The van der Waals surface area contributed by atoms with Gasteiger partial charge in [0.2, 0.25) is 0 Å². The predicted molar refractivity (Wildman–Crippen MR) is 125 cm³/mol. The average molecular weight is 467 g/mol. The third-order valence-electron chi connectivity index (χ3n) is 7.86. The van der Waals surface area contributed by atoms with Crippen molar-refractivity contribution in [1.29, 1.82) is 0 Å². The van der Waals surface area contributed by atoms with E-state index in [0.29, 0.717) is 5.75 Å². The van der Waals surface area contributed by atoms with E-state index in [1.54, 1.807) is 0 Å². The summed E-state index contributed by atoms with van der Waals surface area (Å²) in [7, 11) is 0. The second-order valence-electron chi connectivity index (χ2n) is 9.99. The highest BCUT2D eigenvalue weighted by Gasteiger charge is 2.52. The lowest BCUT2D eigenvalue weighted by Crippen LogP contribution is -2.48. The van der Waals surface area contributed by atoms with Crippen LogP contribution in [0.2, 0.25) is 0 Å². The van der Waals surface area contributed by atoms with Gasteiger partial charge < -0.3 is 10.2 Å². The third-order valence-corrected chi connectivity index (χ3v) is 8.35. The van der Waals surface area contributed by atoms with E-state index in [2.05, 4.69) is 34.1 Å². The van der Waals surface area contributed by atoms with Crippen LogP contribution in [0.1, 0.15) is 61.6 Å². The number of benzene rings is 2. The van der Waals surface area contributed by atoms with Crippen LogP contribution in [-0.4, -0.2) is 16.8 Å². The second-order valence-corrected chi connectivity index (χ2v) is 10.9. The predicted octanol–water partition coefficient (Wildman–Crippen LogP) is 6.63. The highest BCUT2D eigenvalue weighted by Crippen LogP contribution is 2.61. The van der Waals surface area contributed by atoms with Gasteiger partial charge in [0.1, 0.15) is 5.75 Å². The number of phenols is 1. The van der Waals surface area contributed by atoms with Gasteiger partial charge in [0.25, 0.3) is 0 Å². The zero-order valence-corrected chi connectivity index (χ0v) is 19.1. The quantitative estimate of drug-likeness (QED) is 0.501. The fourth-order valence-electron chi connectivity index (χ4n) is 6.98. The zero-order valence-electron chi connectivity index (χ0n) is 17.5. The molecule has 30 heavy (non-hydrogen) atoms. The first kappa shape index (κ1) is 20.3. The van der Waals surface area contributed by atoms with Crippen molar-refractivity contribution in [3.8, 4) is 5.75 Å².